The smallest absolute Gasteiger partial charge is 0.244 e. The third-order valence-electron chi connectivity index (χ3n) is 4.62. The Kier molecular flexibility index (Phi) is 12.3. The molecule has 0 saturated carbocycles. The third kappa shape index (κ3) is 8.99. The average molecular weight is 431 g/mol. The molecule has 31 heavy (non-hydrogen) atoms. The van der Waals surface area contributed by atoms with Crippen LogP contribution in [0.15, 0.2) is 48.7 Å². The summed E-state index contributed by atoms with van der Waals surface area (Å²) < 4.78 is 16.3. The van der Waals surface area contributed by atoms with Crippen LogP contribution >= 0.6 is 0 Å². The molecule has 0 aliphatic carbocycles. The zero-order valence-electron chi connectivity index (χ0n) is 20.0. The molecule has 0 heterocycles. The van der Waals surface area contributed by atoms with Gasteiger partial charge in [0.2, 0.25) is 5.91 Å². The average Bonchev–Trinajstić information content (AvgIpc) is 2.77. The van der Waals surface area contributed by atoms with Crippen LogP contribution in [0.25, 0.3) is 5.57 Å². The summed E-state index contributed by atoms with van der Waals surface area (Å²) in [4.78, 5) is 12.7. The summed E-state index contributed by atoms with van der Waals surface area (Å²) in [6.45, 7) is 9.01. The van der Waals surface area contributed by atoms with E-state index in [0.717, 1.165) is 24.2 Å². The largest absolute Gasteiger partial charge is 0.493 e. The Balaban J connectivity index is 2.91. The number of nitrogens with zero attached hydrogens (tertiary/aromatic N) is 1. The molecule has 0 fully saturated rings. The second-order valence-corrected chi connectivity index (χ2v) is 7.39. The summed E-state index contributed by atoms with van der Waals surface area (Å²) in [5, 5.41) is 1.52. The monoisotopic (exact) mass is 430 g/mol. The van der Waals surface area contributed by atoms with Gasteiger partial charge in [0.25, 0.3) is 0 Å². The van der Waals surface area contributed by atoms with Crippen LogP contribution in [0.4, 0.5) is 0 Å². The topological polar surface area (TPSA) is 60.0 Å². The van der Waals surface area contributed by atoms with Gasteiger partial charge in [-0.15, -0.1) is 0 Å². The SMILES string of the molecule is CCCOC(C)/C=C\C=C/CC(=O)N(/C=C(/c1ccc(OC)c(OC)c1)C(C)C)NC. The van der Waals surface area contributed by atoms with Gasteiger partial charge in [-0.25, -0.2) is 5.43 Å². The van der Waals surface area contributed by atoms with Gasteiger partial charge < -0.3 is 14.2 Å². The van der Waals surface area contributed by atoms with Crippen molar-refractivity contribution in [3.05, 3.63) is 54.3 Å². The van der Waals surface area contributed by atoms with E-state index in [4.69, 9.17) is 14.2 Å². The van der Waals surface area contributed by atoms with Crippen molar-refractivity contribution in [2.24, 2.45) is 5.92 Å². The van der Waals surface area contributed by atoms with Crippen molar-refractivity contribution in [2.75, 3.05) is 27.9 Å². The zero-order chi connectivity index (χ0) is 23.2. The van der Waals surface area contributed by atoms with Crippen LogP contribution in [0.2, 0.25) is 0 Å². The molecule has 1 rings (SSSR count). The number of hydrazine groups is 1. The maximum absolute atomic E-state index is 12.7. The van der Waals surface area contributed by atoms with E-state index in [9.17, 15) is 4.79 Å². The van der Waals surface area contributed by atoms with Gasteiger partial charge in [0.15, 0.2) is 11.5 Å². The summed E-state index contributed by atoms with van der Waals surface area (Å²) >= 11 is 0. The van der Waals surface area contributed by atoms with E-state index in [0.29, 0.717) is 11.5 Å². The number of methoxy groups -OCH3 is 2. The summed E-state index contributed by atoms with van der Waals surface area (Å²) in [7, 11) is 4.96. The zero-order valence-corrected chi connectivity index (χ0v) is 20.0. The summed E-state index contributed by atoms with van der Waals surface area (Å²) in [5.41, 5.74) is 4.95. The molecule has 0 bridgehead atoms. The first-order valence-corrected chi connectivity index (χ1v) is 10.8. The highest BCUT2D eigenvalue weighted by Gasteiger charge is 2.15. The van der Waals surface area contributed by atoms with Crippen LogP contribution in [-0.4, -0.2) is 44.9 Å². The van der Waals surface area contributed by atoms with Gasteiger partial charge in [0, 0.05) is 26.3 Å². The lowest BCUT2D eigenvalue weighted by Crippen LogP contribution is -2.36. The molecule has 172 valence electrons. The number of carbonyl (C=O) groups is 1. The molecular weight excluding hydrogens is 392 g/mol. The highest BCUT2D eigenvalue weighted by Crippen LogP contribution is 2.33. The molecule has 1 atom stereocenters. The first-order chi connectivity index (χ1) is 14.9. The first kappa shape index (κ1) is 26.5. The first-order valence-electron chi connectivity index (χ1n) is 10.8. The van der Waals surface area contributed by atoms with Gasteiger partial charge in [0.05, 0.1) is 20.3 Å². The van der Waals surface area contributed by atoms with Gasteiger partial charge in [-0.1, -0.05) is 51.1 Å². The highest BCUT2D eigenvalue weighted by molar-refractivity contribution is 5.80. The number of allylic oxidation sites excluding steroid dienone is 3. The highest BCUT2D eigenvalue weighted by atomic mass is 16.5. The lowest BCUT2D eigenvalue weighted by molar-refractivity contribution is -0.129. The quantitative estimate of drug-likeness (QED) is 0.353. The molecule has 6 nitrogen and oxygen atoms in total. The van der Waals surface area contributed by atoms with Crippen LogP contribution < -0.4 is 14.9 Å². The van der Waals surface area contributed by atoms with E-state index < -0.39 is 0 Å². The van der Waals surface area contributed by atoms with Crippen molar-refractivity contribution in [3.63, 3.8) is 0 Å². The Bertz CT molecular complexity index is 769. The minimum absolute atomic E-state index is 0.0546. The van der Waals surface area contributed by atoms with Crippen LogP contribution in [0.3, 0.4) is 0 Å². The molecule has 0 aliphatic rings. The van der Waals surface area contributed by atoms with Crippen LogP contribution in [0, 0.1) is 5.92 Å². The van der Waals surface area contributed by atoms with Crippen molar-refractivity contribution in [2.45, 2.75) is 46.6 Å². The van der Waals surface area contributed by atoms with E-state index in [-0.39, 0.29) is 24.3 Å². The molecule has 6 heteroatoms. The molecule has 1 amide bonds. The second kappa shape index (κ2) is 14.4. The van der Waals surface area contributed by atoms with Crippen molar-refractivity contribution in [3.8, 4) is 11.5 Å². The lowest BCUT2D eigenvalue weighted by atomic mass is 9.96. The molecule has 0 aromatic heterocycles. The minimum atomic E-state index is -0.0546. The number of nitrogens with one attached hydrogen (secondary N) is 1. The third-order valence-corrected chi connectivity index (χ3v) is 4.62. The number of carbonyl (C=O) groups excluding carboxylic acids is 1. The number of hydrogen-bond acceptors (Lipinski definition) is 5. The van der Waals surface area contributed by atoms with Crippen LogP contribution in [0.1, 0.15) is 46.1 Å². The maximum atomic E-state index is 12.7. The van der Waals surface area contributed by atoms with Gasteiger partial charge >= 0.3 is 0 Å². The lowest BCUT2D eigenvalue weighted by Gasteiger charge is -2.21. The standard InChI is InChI=1S/C25H38N2O4/c1-8-16-31-20(4)12-10-9-11-13-25(28)27(26-5)18-22(19(2)3)21-14-15-23(29-6)24(17-21)30-7/h9-12,14-15,17-20,26H,8,13,16H2,1-7H3/b11-9-,12-10-,22-18+. The Labute approximate surface area is 187 Å². The fourth-order valence-corrected chi connectivity index (χ4v) is 2.90. The predicted octanol–water partition coefficient (Wildman–Crippen LogP) is 4.98. The molecule has 0 spiro atoms. The summed E-state index contributed by atoms with van der Waals surface area (Å²) in [6, 6.07) is 5.77. The van der Waals surface area contributed by atoms with Crippen molar-refractivity contribution < 1.29 is 19.0 Å². The molecule has 1 N–H and O–H groups in total. The number of benzene rings is 1. The molecule has 1 aromatic carbocycles. The molecule has 1 unspecified atom stereocenters. The van der Waals surface area contributed by atoms with E-state index in [1.807, 2.05) is 55.6 Å². The molecule has 0 radical (unpaired) electrons. The van der Waals surface area contributed by atoms with Gasteiger partial charge in [0.1, 0.15) is 0 Å². The second-order valence-electron chi connectivity index (χ2n) is 7.39. The van der Waals surface area contributed by atoms with Gasteiger partial charge in [-0.3, -0.25) is 9.80 Å². The number of rotatable bonds is 13. The van der Waals surface area contributed by atoms with Gasteiger partial charge in [-0.05, 0) is 42.5 Å². The Morgan fingerprint density at radius 2 is 1.84 bits per heavy atom. The minimum Gasteiger partial charge on any atom is -0.493 e. The van der Waals surface area contributed by atoms with Crippen molar-refractivity contribution >= 4 is 11.5 Å². The summed E-state index contributed by atoms with van der Waals surface area (Å²) in [5.74, 6) is 1.47. The van der Waals surface area contributed by atoms with E-state index in [2.05, 4.69) is 26.2 Å². The van der Waals surface area contributed by atoms with Crippen molar-refractivity contribution in [1.29, 1.82) is 0 Å². The number of amides is 1. The molecular formula is C25H38N2O4. The Morgan fingerprint density at radius 3 is 2.42 bits per heavy atom. The maximum Gasteiger partial charge on any atom is 0.244 e. The number of ether oxygens (including phenoxy) is 3. The number of hydrogen-bond donors (Lipinski definition) is 1. The Hall–Kier alpha value is -2.57. The van der Waals surface area contributed by atoms with E-state index >= 15 is 0 Å². The molecule has 1 aromatic rings. The van der Waals surface area contributed by atoms with Crippen LogP contribution in [-0.2, 0) is 9.53 Å². The van der Waals surface area contributed by atoms with Crippen LogP contribution in [0.5, 0.6) is 11.5 Å². The fraction of sp³-hybridized carbons (Fsp3) is 0.480. The fourth-order valence-electron chi connectivity index (χ4n) is 2.90. The predicted molar refractivity (Wildman–Crippen MR) is 127 cm³/mol. The molecule has 0 aliphatic heterocycles. The van der Waals surface area contributed by atoms with Gasteiger partial charge in [-0.2, -0.15) is 0 Å². The normalized spacial score (nSPS) is 13.2. The summed E-state index contributed by atoms with van der Waals surface area (Å²) in [6.07, 6.45) is 10.8. The Morgan fingerprint density at radius 1 is 1.13 bits per heavy atom. The molecule has 0 saturated heterocycles. The van der Waals surface area contributed by atoms with E-state index in [1.165, 1.54) is 5.01 Å². The van der Waals surface area contributed by atoms with Crippen molar-refractivity contribution in [1.82, 2.24) is 10.4 Å². The van der Waals surface area contributed by atoms with E-state index in [1.54, 1.807) is 21.3 Å².